The van der Waals surface area contributed by atoms with Crippen molar-refractivity contribution in [3.8, 4) is 5.88 Å². The van der Waals surface area contributed by atoms with E-state index in [9.17, 15) is 9.59 Å². The predicted molar refractivity (Wildman–Crippen MR) is 78.3 cm³/mol. The van der Waals surface area contributed by atoms with Crippen molar-refractivity contribution in [3.05, 3.63) is 36.0 Å². The lowest BCUT2D eigenvalue weighted by Crippen LogP contribution is -2.40. The summed E-state index contributed by atoms with van der Waals surface area (Å²) in [6.45, 7) is 5.49. The number of nitrogens with zero attached hydrogens (tertiary/aromatic N) is 1. The molecule has 0 aromatic carbocycles. The third-order valence-corrected chi connectivity index (χ3v) is 2.52. The van der Waals surface area contributed by atoms with Gasteiger partial charge in [-0.2, -0.15) is 0 Å². The summed E-state index contributed by atoms with van der Waals surface area (Å²) in [5.74, 6) is -1.30. The van der Waals surface area contributed by atoms with Crippen LogP contribution in [0.1, 0.15) is 37.7 Å². The molecule has 1 atom stereocenters. The van der Waals surface area contributed by atoms with Crippen LogP contribution >= 0.6 is 0 Å². The van der Waals surface area contributed by atoms with Crippen molar-refractivity contribution in [1.29, 1.82) is 0 Å². The van der Waals surface area contributed by atoms with E-state index in [0.29, 0.717) is 5.88 Å². The third-order valence-electron chi connectivity index (χ3n) is 2.52. The average Bonchev–Trinajstić information content (AvgIpc) is 2.42. The molecule has 0 spiro atoms. The number of carbonyl (C=O) groups is 2. The summed E-state index contributed by atoms with van der Waals surface area (Å²) in [7, 11) is 0. The lowest BCUT2D eigenvalue weighted by molar-refractivity contribution is -0.139. The molecule has 6 nitrogen and oxygen atoms in total. The number of amides is 1. The molecule has 0 aliphatic rings. The number of carboxylic acid groups (broad SMARTS) is 1. The number of nitrogens with one attached hydrogen (secondary N) is 1. The Hall–Kier alpha value is -2.37. The molecule has 0 aliphatic carbocycles. The molecule has 6 heteroatoms. The second kappa shape index (κ2) is 8.04. The van der Waals surface area contributed by atoms with Gasteiger partial charge in [-0.25, -0.2) is 9.78 Å². The topological polar surface area (TPSA) is 88.5 Å². The highest BCUT2D eigenvalue weighted by Crippen LogP contribution is 2.10. The first-order valence-electron chi connectivity index (χ1n) is 6.72. The number of hydrogen-bond donors (Lipinski definition) is 2. The molecule has 0 aliphatic heterocycles. The number of hydrogen-bond acceptors (Lipinski definition) is 4. The van der Waals surface area contributed by atoms with Crippen LogP contribution < -0.4 is 10.1 Å². The van der Waals surface area contributed by atoms with Gasteiger partial charge in [0.15, 0.2) is 0 Å². The van der Waals surface area contributed by atoms with E-state index in [1.165, 1.54) is 6.07 Å². The van der Waals surface area contributed by atoms with Crippen LogP contribution in [-0.2, 0) is 4.79 Å². The molecular weight excluding hydrogens is 272 g/mol. The minimum atomic E-state index is -1.09. The maximum Gasteiger partial charge on any atom is 0.326 e. The van der Waals surface area contributed by atoms with E-state index in [1.54, 1.807) is 31.2 Å². The normalized spacial score (nSPS) is 12.4. The van der Waals surface area contributed by atoms with Gasteiger partial charge >= 0.3 is 5.97 Å². The molecule has 21 heavy (non-hydrogen) atoms. The number of allylic oxidation sites excluding steroid dienone is 1. The molecule has 1 aromatic heterocycles. The van der Waals surface area contributed by atoms with Crippen LogP contribution in [0.5, 0.6) is 5.88 Å². The van der Waals surface area contributed by atoms with Crippen LogP contribution in [-0.4, -0.2) is 34.1 Å². The summed E-state index contributed by atoms with van der Waals surface area (Å²) in [6.07, 6.45) is 3.58. The van der Waals surface area contributed by atoms with Crippen LogP contribution in [0.3, 0.4) is 0 Å². The fraction of sp³-hybridized carbons (Fsp3) is 0.400. The number of aliphatic carboxylic acids is 1. The number of rotatable bonds is 7. The Bertz CT molecular complexity index is 526. The highest BCUT2D eigenvalue weighted by molar-refractivity contribution is 5.95. The van der Waals surface area contributed by atoms with Gasteiger partial charge in [0.1, 0.15) is 11.7 Å². The maximum absolute atomic E-state index is 12.0. The molecule has 1 amide bonds. The van der Waals surface area contributed by atoms with Gasteiger partial charge < -0.3 is 15.2 Å². The van der Waals surface area contributed by atoms with Gasteiger partial charge in [-0.15, -0.1) is 0 Å². The molecular formula is C15H20N2O4. The molecule has 0 radical (unpaired) electrons. The number of pyridine rings is 1. The van der Waals surface area contributed by atoms with Crippen LogP contribution in [0, 0.1) is 0 Å². The van der Waals surface area contributed by atoms with E-state index in [0.717, 1.165) is 0 Å². The highest BCUT2D eigenvalue weighted by atomic mass is 16.5. The van der Waals surface area contributed by atoms with Gasteiger partial charge in [-0.1, -0.05) is 18.2 Å². The van der Waals surface area contributed by atoms with Gasteiger partial charge in [0.05, 0.1) is 6.10 Å². The predicted octanol–water partition coefficient (Wildman–Crippen LogP) is 2.02. The fourth-order valence-electron chi connectivity index (χ4n) is 1.57. The number of ether oxygens (including phenoxy) is 1. The summed E-state index contributed by atoms with van der Waals surface area (Å²) in [5, 5.41) is 11.5. The Morgan fingerprint density at radius 1 is 1.43 bits per heavy atom. The lowest BCUT2D eigenvalue weighted by Gasteiger charge is -2.13. The smallest absolute Gasteiger partial charge is 0.326 e. The van der Waals surface area contributed by atoms with Crippen molar-refractivity contribution in [1.82, 2.24) is 10.3 Å². The summed E-state index contributed by atoms with van der Waals surface area (Å²) < 4.78 is 5.40. The molecule has 1 aromatic rings. The number of aromatic nitrogens is 1. The molecule has 114 valence electrons. The number of carbonyl (C=O) groups excluding carboxylic acids is 1. The first-order chi connectivity index (χ1) is 9.93. The van der Waals surface area contributed by atoms with Crippen molar-refractivity contribution in [2.24, 2.45) is 0 Å². The molecule has 2 N–H and O–H groups in total. The maximum atomic E-state index is 12.0. The van der Waals surface area contributed by atoms with Crippen molar-refractivity contribution < 1.29 is 19.4 Å². The van der Waals surface area contributed by atoms with Gasteiger partial charge in [0, 0.05) is 6.07 Å². The zero-order chi connectivity index (χ0) is 15.8. The van der Waals surface area contributed by atoms with E-state index in [1.807, 2.05) is 13.8 Å². The van der Waals surface area contributed by atoms with Crippen LogP contribution in [0.25, 0.3) is 0 Å². The first kappa shape index (κ1) is 16.7. The first-order valence-corrected chi connectivity index (χ1v) is 6.72. The van der Waals surface area contributed by atoms with Crippen LogP contribution in [0.4, 0.5) is 0 Å². The van der Waals surface area contributed by atoms with Crippen molar-refractivity contribution >= 4 is 11.9 Å². The Morgan fingerprint density at radius 3 is 2.71 bits per heavy atom. The van der Waals surface area contributed by atoms with Crippen LogP contribution in [0.15, 0.2) is 30.4 Å². The minimum Gasteiger partial charge on any atom is -0.480 e. The van der Waals surface area contributed by atoms with Gasteiger partial charge in [-0.3, -0.25) is 4.79 Å². The second-order valence-electron chi connectivity index (χ2n) is 4.70. The Kier molecular flexibility index (Phi) is 6.39. The molecule has 0 bridgehead atoms. The Labute approximate surface area is 123 Å². The van der Waals surface area contributed by atoms with Crippen molar-refractivity contribution in [3.63, 3.8) is 0 Å². The van der Waals surface area contributed by atoms with E-state index in [4.69, 9.17) is 9.84 Å². The van der Waals surface area contributed by atoms with E-state index in [2.05, 4.69) is 10.3 Å². The van der Waals surface area contributed by atoms with Gasteiger partial charge in [0.25, 0.3) is 5.91 Å². The minimum absolute atomic E-state index is 0.0581. The fourth-order valence-corrected chi connectivity index (χ4v) is 1.57. The monoisotopic (exact) mass is 292 g/mol. The van der Waals surface area contributed by atoms with E-state index in [-0.39, 0.29) is 18.2 Å². The van der Waals surface area contributed by atoms with Crippen molar-refractivity contribution in [2.45, 2.75) is 39.3 Å². The summed E-state index contributed by atoms with van der Waals surface area (Å²) in [4.78, 5) is 27.2. The van der Waals surface area contributed by atoms with Gasteiger partial charge in [0.2, 0.25) is 5.88 Å². The summed E-state index contributed by atoms with van der Waals surface area (Å²) in [6, 6.07) is 3.81. The molecule has 0 saturated carbocycles. The highest BCUT2D eigenvalue weighted by Gasteiger charge is 2.20. The summed E-state index contributed by atoms with van der Waals surface area (Å²) >= 11 is 0. The van der Waals surface area contributed by atoms with E-state index < -0.39 is 17.9 Å². The van der Waals surface area contributed by atoms with E-state index >= 15 is 0 Å². The zero-order valence-corrected chi connectivity index (χ0v) is 12.4. The van der Waals surface area contributed by atoms with Gasteiger partial charge in [-0.05, 0) is 33.3 Å². The molecule has 0 fully saturated rings. The third kappa shape index (κ3) is 5.64. The van der Waals surface area contributed by atoms with Crippen LogP contribution in [0.2, 0.25) is 0 Å². The number of carboxylic acids is 1. The molecule has 1 rings (SSSR count). The Balaban J connectivity index is 2.80. The second-order valence-corrected chi connectivity index (χ2v) is 4.70. The molecule has 1 unspecified atom stereocenters. The molecule has 1 heterocycles. The standard InChI is InChI=1S/C15H20N2O4/c1-4-5-7-12(15(19)20)17-14(18)11-8-6-9-13(16-11)21-10(2)3/h4-6,8-10,12H,7H2,1-3H3,(H,17,18)(H,19,20)/b5-4+. The Morgan fingerprint density at radius 2 is 2.14 bits per heavy atom. The largest absolute Gasteiger partial charge is 0.480 e. The SMILES string of the molecule is C/C=C/CC(NC(=O)c1cccc(OC(C)C)n1)C(=O)O. The average molecular weight is 292 g/mol. The molecule has 0 saturated heterocycles. The zero-order valence-electron chi connectivity index (χ0n) is 12.4. The van der Waals surface area contributed by atoms with Crippen molar-refractivity contribution in [2.75, 3.05) is 0 Å². The quantitative estimate of drug-likeness (QED) is 0.751. The summed E-state index contributed by atoms with van der Waals surface area (Å²) in [5.41, 5.74) is 0.125. The lowest BCUT2D eigenvalue weighted by atomic mass is 10.2.